The number of carbonyl (C=O) groups excluding carboxylic acids is 1. The molecule has 2 rings (SSSR count). The van der Waals surface area contributed by atoms with E-state index in [0.29, 0.717) is 5.78 Å². The van der Waals surface area contributed by atoms with Crippen LogP contribution in [0.25, 0.3) is 0 Å². The van der Waals surface area contributed by atoms with E-state index >= 15 is 0 Å². The zero-order valence-electron chi connectivity index (χ0n) is 9.11. The fourth-order valence-electron chi connectivity index (χ4n) is 2.02. The number of piperidine rings is 1. The number of thiophene rings is 1. The summed E-state index contributed by atoms with van der Waals surface area (Å²) < 4.78 is 0. The first-order valence-corrected chi connectivity index (χ1v) is 6.46. The van der Waals surface area contributed by atoms with Crippen LogP contribution < -0.4 is 0 Å². The number of likely N-dealkylation sites (tertiary alicyclic amines) is 1. The van der Waals surface area contributed by atoms with Crippen molar-refractivity contribution in [3.63, 3.8) is 0 Å². The fraction of sp³-hybridized carbons (Fsp3) is 0.583. The normalized spacial score (nSPS) is 23.3. The minimum absolute atomic E-state index is 0.237. The van der Waals surface area contributed by atoms with Crippen LogP contribution in [0.15, 0.2) is 16.8 Å². The van der Waals surface area contributed by atoms with Gasteiger partial charge in [0.2, 0.25) is 0 Å². The Labute approximate surface area is 94.9 Å². The highest BCUT2D eigenvalue weighted by atomic mass is 32.1. The number of rotatable bonds is 3. The predicted octanol–water partition coefficient (Wildman–Crippen LogP) is 2.20. The van der Waals surface area contributed by atoms with E-state index in [9.17, 15) is 4.79 Å². The molecule has 1 aliphatic rings. The van der Waals surface area contributed by atoms with Gasteiger partial charge in [-0.05, 0) is 28.8 Å². The minimum atomic E-state index is 0.237. The van der Waals surface area contributed by atoms with Gasteiger partial charge in [-0.2, -0.15) is 11.3 Å². The molecule has 0 aromatic carbocycles. The monoisotopic (exact) mass is 223 g/mol. The summed E-state index contributed by atoms with van der Waals surface area (Å²) in [5.41, 5.74) is 1.42. The van der Waals surface area contributed by atoms with Crippen LogP contribution in [-0.4, -0.2) is 30.3 Å². The van der Waals surface area contributed by atoms with Gasteiger partial charge in [-0.15, -0.1) is 0 Å². The van der Waals surface area contributed by atoms with Crippen molar-refractivity contribution in [2.75, 3.05) is 19.6 Å². The summed E-state index contributed by atoms with van der Waals surface area (Å²) in [6.07, 6.45) is 1.86. The lowest BCUT2D eigenvalue weighted by Gasteiger charge is -2.29. The molecule has 0 spiro atoms. The largest absolute Gasteiger partial charge is 0.302 e. The summed E-state index contributed by atoms with van der Waals surface area (Å²) in [6, 6.07) is 2.18. The molecule has 0 N–H and O–H groups in total. The first-order valence-electron chi connectivity index (χ1n) is 5.52. The van der Waals surface area contributed by atoms with E-state index in [0.717, 1.165) is 32.5 Å². The Kier molecular flexibility index (Phi) is 3.54. The quantitative estimate of drug-likeness (QED) is 0.783. The summed E-state index contributed by atoms with van der Waals surface area (Å²) in [6.45, 7) is 5.03. The first-order chi connectivity index (χ1) is 7.25. The van der Waals surface area contributed by atoms with Gasteiger partial charge in [0.25, 0.3) is 0 Å². The third-order valence-electron chi connectivity index (χ3n) is 3.05. The molecule has 1 unspecified atom stereocenters. The topological polar surface area (TPSA) is 20.3 Å². The van der Waals surface area contributed by atoms with Crippen LogP contribution in [0.4, 0.5) is 0 Å². The SMILES string of the molecule is CC1CN(CCc2ccsc2)CCC1=O. The number of nitrogens with zero attached hydrogens (tertiary/aromatic N) is 1. The second kappa shape index (κ2) is 4.90. The Morgan fingerprint density at radius 2 is 2.47 bits per heavy atom. The van der Waals surface area contributed by atoms with Crippen LogP contribution in [0.3, 0.4) is 0 Å². The Balaban J connectivity index is 1.78. The highest BCUT2D eigenvalue weighted by Crippen LogP contribution is 2.13. The van der Waals surface area contributed by atoms with E-state index in [1.165, 1.54) is 5.56 Å². The van der Waals surface area contributed by atoms with Gasteiger partial charge < -0.3 is 4.90 Å². The van der Waals surface area contributed by atoms with E-state index in [4.69, 9.17) is 0 Å². The fourth-order valence-corrected chi connectivity index (χ4v) is 2.72. The molecule has 82 valence electrons. The molecule has 1 aromatic rings. The number of carbonyl (C=O) groups is 1. The highest BCUT2D eigenvalue weighted by Gasteiger charge is 2.22. The Morgan fingerprint density at radius 3 is 3.13 bits per heavy atom. The molecular weight excluding hydrogens is 206 g/mol. The maximum Gasteiger partial charge on any atom is 0.138 e. The molecule has 1 aliphatic heterocycles. The average Bonchev–Trinajstić information content (AvgIpc) is 2.73. The molecule has 2 heterocycles. The van der Waals surface area contributed by atoms with Crippen LogP contribution >= 0.6 is 11.3 Å². The van der Waals surface area contributed by atoms with Crippen molar-refractivity contribution in [1.29, 1.82) is 0 Å². The maximum atomic E-state index is 11.3. The van der Waals surface area contributed by atoms with Crippen LogP contribution in [0.2, 0.25) is 0 Å². The molecule has 0 bridgehead atoms. The number of ketones is 1. The lowest BCUT2D eigenvalue weighted by Crippen LogP contribution is -2.40. The van der Waals surface area contributed by atoms with Crippen LogP contribution in [-0.2, 0) is 11.2 Å². The molecule has 0 radical (unpaired) electrons. The van der Waals surface area contributed by atoms with Gasteiger partial charge in [0, 0.05) is 32.0 Å². The second-order valence-electron chi connectivity index (χ2n) is 4.30. The van der Waals surface area contributed by atoms with Gasteiger partial charge in [0.05, 0.1) is 0 Å². The molecule has 3 heteroatoms. The summed E-state index contributed by atoms with van der Waals surface area (Å²) in [5, 5.41) is 4.33. The van der Waals surface area contributed by atoms with Crippen molar-refractivity contribution >= 4 is 17.1 Å². The number of hydrogen-bond acceptors (Lipinski definition) is 3. The molecule has 0 aliphatic carbocycles. The van der Waals surface area contributed by atoms with Crippen molar-refractivity contribution in [3.8, 4) is 0 Å². The zero-order valence-corrected chi connectivity index (χ0v) is 9.93. The average molecular weight is 223 g/mol. The third-order valence-corrected chi connectivity index (χ3v) is 3.78. The zero-order chi connectivity index (χ0) is 10.7. The van der Waals surface area contributed by atoms with E-state index in [1.54, 1.807) is 11.3 Å². The van der Waals surface area contributed by atoms with Crippen LogP contribution in [0.5, 0.6) is 0 Å². The summed E-state index contributed by atoms with van der Waals surface area (Å²) in [4.78, 5) is 13.8. The number of hydrogen-bond donors (Lipinski definition) is 0. The van der Waals surface area contributed by atoms with Crippen LogP contribution in [0, 0.1) is 5.92 Å². The summed E-state index contributed by atoms with van der Waals surface area (Å²) >= 11 is 1.75. The standard InChI is InChI=1S/C12H17NOS/c1-10-8-13(6-3-12(10)14)5-2-11-4-7-15-9-11/h4,7,9-10H,2-3,5-6,8H2,1H3. The Morgan fingerprint density at radius 1 is 1.60 bits per heavy atom. The minimum Gasteiger partial charge on any atom is -0.302 e. The van der Waals surface area contributed by atoms with Crippen molar-refractivity contribution in [2.45, 2.75) is 19.8 Å². The lowest BCUT2D eigenvalue weighted by molar-refractivity contribution is -0.125. The van der Waals surface area contributed by atoms with Crippen molar-refractivity contribution in [3.05, 3.63) is 22.4 Å². The molecule has 2 nitrogen and oxygen atoms in total. The van der Waals surface area contributed by atoms with Crippen molar-refractivity contribution in [2.24, 2.45) is 5.92 Å². The van der Waals surface area contributed by atoms with Gasteiger partial charge in [-0.3, -0.25) is 4.79 Å². The lowest BCUT2D eigenvalue weighted by atomic mass is 9.98. The molecular formula is C12H17NOS. The predicted molar refractivity (Wildman–Crippen MR) is 63.3 cm³/mol. The van der Waals surface area contributed by atoms with Gasteiger partial charge >= 0.3 is 0 Å². The number of Topliss-reactive ketones (excluding diaryl/α,β-unsaturated/α-hetero) is 1. The summed E-state index contributed by atoms with van der Waals surface area (Å²) in [5.74, 6) is 0.669. The van der Waals surface area contributed by atoms with Gasteiger partial charge in [0.1, 0.15) is 5.78 Å². The van der Waals surface area contributed by atoms with Gasteiger partial charge in [0.15, 0.2) is 0 Å². The highest BCUT2D eigenvalue weighted by molar-refractivity contribution is 7.07. The van der Waals surface area contributed by atoms with E-state index < -0.39 is 0 Å². The molecule has 0 amide bonds. The van der Waals surface area contributed by atoms with Gasteiger partial charge in [-0.1, -0.05) is 6.92 Å². The Bertz CT molecular complexity index is 320. The summed E-state index contributed by atoms with van der Waals surface area (Å²) in [7, 11) is 0. The molecule has 1 atom stereocenters. The Hall–Kier alpha value is -0.670. The smallest absolute Gasteiger partial charge is 0.138 e. The van der Waals surface area contributed by atoms with E-state index in [-0.39, 0.29) is 5.92 Å². The third kappa shape index (κ3) is 2.89. The van der Waals surface area contributed by atoms with Crippen LogP contribution in [0.1, 0.15) is 18.9 Å². The first kappa shape index (κ1) is 10.8. The van der Waals surface area contributed by atoms with Gasteiger partial charge in [-0.25, -0.2) is 0 Å². The van der Waals surface area contributed by atoms with Crippen molar-refractivity contribution in [1.82, 2.24) is 4.90 Å². The van der Waals surface area contributed by atoms with Crippen molar-refractivity contribution < 1.29 is 4.79 Å². The molecule has 0 saturated carbocycles. The molecule has 1 fully saturated rings. The molecule has 1 saturated heterocycles. The second-order valence-corrected chi connectivity index (χ2v) is 5.08. The van der Waals surface area contributed by atoms with E-state index in [2.05, 4.69) is 21.7 Å². The molecule has 15 heavy (non-hydrogen) atoms. The van der Waals surface area contributed by atoms with E-state index in [1.807, 2.05) is 6.92 Å². The molecule has 1 aromatic heterocycles. The maximum absolute atomic E-state index is 11.3.